The minimum absolute atomic E-state index is 0.0822. The van der Waals surface area contributed by atoms with Gasteiger partial charge in [-0.3, -0.25) is 19.4 Å². The van der Waals surface area contributed by atoms with Crippen LogP contribution < -0.4 is 0 Å². The fourth-order valence-electron chi connectivity index (χ4n) is 4.15. The van der Waals surface area contributed by atoms with Gasteiger partial charge in [-0.25, -0.2) is 0 Å². The lowest BCUT2D eigenvalue weighted by atomic mass is 9.87. The van der Waals surface area contributed by atoms with E-state index in [9.17, 15) is 4.79 Å². The van der Waals surface area contributed by atoms with Crippen molar-refractivity contribution < 1.29 is 9.53 Å². The van der Waals surface area contributed by atoms with E-state index in [1.807, 2.05) is 24.2 Å². The van der Waals surface area contributed by atoms with Crippen molar-refractivity contribution in [3.05, 3.63) is 48.0 Å². The van der Waals surface area contributed by atoms with Crippen LogP contribution in [-0.4, -0.2) is 69.4 Å². The maximum absolute atomic E-state index is 12.6. The van der Waals surface area contributed by atoms with Crippen LogP contribution in [0.2, 0.25) is 0 Å². The fourth-order valence-corrected chi connectivity index (χ4v) is 4.15. The number of carbonyl (C=O) groups excluding carboxylic acids is 1. The normalized spacial score (nSPS) is 24.5. The number of hydrogen-bond donors (Lipinski definition) is 0. The van der Waals surface area contributed by atoms with Gasteiger partial charge in [0.05, 0.1) is 23.9 Å². The number of methoxy groups -OCH3 is 1. The average Bonchev–Trinajstić information content (AvgIpc) is 3.08. The summed E-state index contributed by atoms with van der Waals surface area (Å²) in [5.41, 5.74) is 1.88. The molecule has 4 heterocycles. The smallest absolute Gasteiger partial charge is 0.257 e. The van der Waals surface area contributed by atoms with Crippen LogP contribution in [0.1, 0.15) is 34.8 Å². The Balaban J connectivity index is 1.39. The number of aromatic nitrogens is 3. The van der Waals surface area contributed by atoms with Gasteiger partial charge >= 0.3 is 0 Å². The molecule has 2 aromatic rings. The molecule has 4 rings (SSSR count). The monoisotopic (exact) mass is 355 g/mol. The van der Waals surface area contributed by atoms with Gasteiger partial charge in [-0.1, -0.05) is 6.07 Å². The number of hydrogen-bond acceptors (Lipinski definition) is 5. The zero-order chi connectivity index (χ0) is 18.1. The number of aryl methyl sites for hydroxylation is 1. The quantitative estimate of drug-likeness (QED) is 0.832. The number of nitrogens with zero attached hydrogens (tertiary/aromatic N) is 5. The standard InChI is InChI=1S/C19H25N5O2/c1-22-12-15(11-21-22)19(25)23-8-5-16(6-9-23)24-13-17(26-2)18(24)14-4-3-7-20-10-14/h3-4,7,10-12,16-18H,5-6,8-9,13H2,1-2H3/t17-,18-/m0/s1. The first kappa shape index (κ1) is 17.2. The minimum Gasteiger partial charge on any atom is -0.378 e. The Morgan fingerprint density at radius 2 is 2.08 bits per heavy atom. The van der Waals surface area contributed by atoms with E-state index in [0.717, 1.165) is 32.5 Å². The molecule has 7 heteroatoms. The third-order valence-corrected chi connectivity index (χ3v) is 5.60. The van der Waals surface area contributed by atoms with Crippen LogP contribution in [0.25, 0.3) is 0 Å². The lowest BCUT2D eigenvalue weighted by molar-refractivity contribution is -0.115. The van der Waals surface area contributed by atoms with E-state index in [1.54, 1.807) is 30.4 Å². The molecule has 0 N–H and O–H groups in total. The number of likely N-dealkylation sites (tertiary alicyclic amines) is 2. The molecule has 138 valence electrons. The zero-order valence-electron chi connectivity index (χ0n) is 15.3. The highest BCUT2D eigenvalue weighted by atomic mass is 16.5. The molecule has 2 fully saturated rings. The third kappa shape index (κ3) is 3.12. The molecule has 0 radical (unpaired) electrons. The molecule has 26 heavy (non-hydrogen) atoms. The van der Waals surface area contributed by atoms with E-state index in [4.69, 9.17) is 4.74 Å². The summed E-state index contributed by atoms with van der Waals surface area (Å²) >= 11 is 0. The van der Waals surface area contributed by atoms with E-state index < -0.39 is 0 Å². The summed E-state index contributed by atoms with van der Waals surface area (Å²) in [6.45, 7) is 2.51. The number of pyridine rings is 1. The lowest BCUT2D eigenvalue weighted by Crippen LogP contribution is -2.60. The van der Waals surface area contributed by atoms with Crippen LogP contribution in [0.4, 0.5) is 0 Å². The molecule has 0 aliphatic carbocycles. The first-order valence-electron chi connectivity index (χ1n) is 9.13. The van der Waals surface area contributed by atoms with Gasteiger partial charge in [-0.15, -0.1) is 0 Å². The van der Waals surface area contributed by atoms with Gasteiger partial charge in [-0.2, -0.15) is 5.10 Å². The van der Waals surface area contributed by atoms with Crippen LogP contribution in [0.3, 0.4) is 0 Å². The molecule has 7 nitrogen and oxygen atoms in total. The van der Waals surface area contributed by atoms with Gasteiger partial charge < -0.3 is 9.64 Å². The van der Waals surface area contributed by atoms with Gasteiger partial charge in [0.2, 0.25) is 0 Å². The molecule has 0 bridgehead atoms. The van der Waals surface area contributed by atoms with Gasteiger partial charge in [0.15, 0.2) is 0 Å². The third-order valence-electron chi connectivity index (χ3n) is 5.60. The molecule has 2 aromatic heterocycles. The van der Waals surface area contributed by atoms with Crippen LogP contribution >= 0.6 is 0 Å². The summed E-state index contributed by atoms with van der Waals surface area (Å²) in [5, 5.41) is 4.10. The second-order valence-corrected chi connectivity index (χ2v) is 7.13. The Hall–Kier alpha value is -2.25. The van der Waals surface area contributed by atoms with Gasteiger partial charge in [0, 0.05) is 58.4 Å². The highest BCUT2D eigenvalue weighted by molar-refractivity contribution is 5.93. The largest absolute Gasteiger partial charge is 0.378 e. The molecule has 0 spiro atoms. The van der Waals surface area contributed by atoms with Gasteiger partial charge in [0.25, 0.3) is 5.91 Å². The zero-order valence-corrected chi connectivity index (χ0v) is 15.3. The minimum atomic E-state index is 0.0822. The maximum Gasteiger partial charge on any atom is 0.257 e. The summed E-state index contributed by atoms with van der Waals surface area (Å²) < 4.78 is 7.32. The average molecular weight is 355 g/mol. The molecule has 1 amide bonds. The maximum atomic E-state index is 12.6. The van der Waals surface area contributed by atoms with Crippen molar-refractivity contribution in [3.63, 3.8) is 0 Å². The van der Waals surface area contributed by atoms with Gasteiger partial charge in [0.1, 0.15) is 0 Å². The SMILES string of the molecule is CO[C@H]1CN(C2CCN(C(=O)c3cnn(C)c3)CC2)[C@H]1c1cccnc1. The van der Waals surface area contributed by atoms with Crippen molar-refractivity contribution in [2.24, 2.45) is 7.05 Å². The van der Waals surface area contributed by atoms with Crippen molar-refractivity contribution >= 4 is 5.91 Å². The number of rotatable bonds is 4. The Kier molecular flexibility index (Phi) is 4.74. The first-order chi connectivity index (χ1) is 12.7. The van der Waals surface area contributed by atoms with Crippen molar-refractivity contribution in [1.29, 1.82) is 0 Å². The Morgan fingerprint density at radius 3 is 2.69 bits per heavy atom. The Bertz CT molecular complexity index is 754. The molecule has 2 saturated heterocycles. The first-order valence-corrected chi connectivity index (χ1v) is 9.13. The van der Waals surface area contributed by atoms with Gasteiger partial charge in [-0.05, 0) is 24.5 Å². The highest BCUT2D eigenvalue weighted by Gasteiger charge is 2.44. The summed E-state index contributed by atoms with van der Waals surface area (Å²) in [6.07, 6.45) is 9.35. The Morgan fingerprint density at radius 1 is 1.27 bits per heavy atom. The molecule has 2 aliphatic rings. The summed E-state index contributed by atoms with van der Waals surface area (Å²) in [6, 6.07) is 4.84. The lowest BCUT2D eigenvalue weighted by Gasteiger charge is -2.52. The second-order valence-electron chi connectivity index (χ2n) is 7.13. The summed E-state index contributed by atoms with van der Waals surface area (Å²) in [4.78, 5) is 21.3. The molecule has 0 unspecified atom stereocenters. The molecular formula is C19H25N5O2. The van der Waals surface area contributed by atoms with Crippen LogP contribution in [0.5, 0.6) is 0 Å². The van der Waals surface area contributed by atoms with E-state index >= 15 is 0 Å². The van der Waals surface area contributed by atoms with Crippen molar-refractivity contribution in [3.8, 4) is 0 Å². The fraction of sp³-hybridized carbons (Fsp3) is 0.526. The van der Waals surface area contributed by atoms with E-state index in [0.29, 0.717) is 11.6 Å². The highest BCUT2D eigenvalue weighted by Crippen LogP contribution is 2.39. The molecule has 2 aliphatic heterocycles. The number of ether oxygens (including phenoxy) is 1. The van der Waals surface area contributed by atoms with Crippen LogP contribution in [-0.2, 0) is 11.8 Å². The predicted octanol–water partition coefficient (Wildman–Crippen LogP) is 1.49. The second kappa shape index (κ2) is 7.17. The van der Waals surface area contributed by atoms with Crippen LogP contribution in [0.15, 0.2) is 36.9 Å². The van der Waals surface area contributed by atoms with Crippen molar-refractivity contribution in [2.45, 2.75) is 31.0 Å². The molecule has 0 aromatic carbocycles. The van der Waals surface area contributed by atoms with E-state index in [1.165, 1.54) is 5.56 Å². The summed E-state index contributed by atoms with van der Waals surface area (Å²) in [5.74, 6) is 0.0822. The Labute approximate surface area is 153 Å². The molecule has 0 saturated carbocycles. The topological polar surface area (TPSA) is 63.5 Å². The van der Waals surface area contributed by atoms with E-state index in [-0.39, 0.29) is 18.1 Å². The van der Waals surface area contributed by atoms with Crippen molar-refractivity contribution in [1.82, 2.24) is 24.6 Å². The van der Waals surface area contributed by atoms with E-state index in [2.05, 4.69) is 21.0 Å². The van der Waals surface area contributed by atoms with Crippen molar-refractivity contribution in [2.75, 3.05) is 26.7 Å². The predicted molar refractivity (Wildman–Crippen MR) is 96.6 cm³/mol. The number of piperidine rings is 1. The number of carbonyl (C=O) groups is 1. The molecule has 2 atom stereocenters. The summed E-state index contributed by atoms with van der Waals surface area (Å²) in [7, 11) is 3.61. The molecular weight excluding hydrogens is 330 g/mol. The number of amides is 1. The van der Waals surface area contributed by atoms with Crippen LogP contribution in [0, 0.1) is 0 Å².